The molecular formula is C31H34FN5O6. The summed E-state index contributed by atoms with van der Waals surface area (Å²) in [5, 5.41) is 12.1. The number of esters is 1. The maximum Gasteiger partial charge on any atom is 0.407 e. The Morgan fingerprint density at radius 1 is 1.12 bits per heavy atom. The Morgan fingerprint density at radius 2 is 1.77 bits per heavy atom. The first-order valence-electron chi connectivity index (χ1n) is 13.8. The number of hydrogen-bond donors (Lipinski definition) is 1. The van der Waals surface area contributed by atoms with Crippen LogP contribution in [0.25, 0.3) is 22.4 Å². The van der Waals surface area contributed by atoms with E-state index >= 15 is 0 Å². The number of hydrogen-bond acceptors (Lipinski definition) is 9. The Kier molecular flexibility index (Phi) is 9.34. The molecule has 0 radical (unpaired) electrons. The van der Waals surface area contributed by atoms with Crippen LogP contribution in [0.3, 0.4) is 0 Å². The van der Waals surface area contributed by atoms with Gasteiger partial charge in [0.1, 0.15) is 23.2 Å². The summed E-state index contributed by atoms with van der Waals surface area (Å²) in [5.41, 5.74) is -0.147. The molecule has 1 saturated heterocycles. The summed E-state index contributed by atoms with van der Waals surface area (Å²) < 4.78 is 32.0. The number of methoxy groups -OCH3 is 1. The standard InChI is InChI=1S/C31H34FN5O6/c1-19(38)42-18-37-28(39)26(20-8-10-24(41-5)11-9-20)27(21-6-7-22(17-33)25(32)16-21)35-29(37)36-14-12-23(13-15-36)34-30(40)43-31(2,3)4/h6-11,16,23H,12-15,18H2,1-5H3,(H,34,40). The number of piperidine rings is 1. The molecule has 0 saturated carbocycles. The number of anilines is 1. The number of rotatable bonds is 7. The van der Waals surface area contributed by atoms with E-state index in [0.29, 0.717) is 42.8 Å². The number of amides is 1. The zero-order valence-corrected chi connectivity index (χ0v) is 24.8. The van der Waals surface area contributed by atoms with Gasteiger partial charge in [-0.05, 0) is 63.4 Å². The number of nitrogens with zero attached hydrogens (tertiary/aromatic N) is 4. The van der Waals surface area contributed by atoms with Crippen LogP contribution in [0.1, 0.15) is 46.1 Å². The number of benzene rings is 2. The van der Waals surface area contributed by atoms with E-state index in [-0.39, 0.29) is 28.8 Å². The van der Waals surface area contributed by atoms with E-state index in [9.17, 15) is 24.0 Å². The molecular weight excluding hydrogens is 557 g/mol. The molecule has 1 aliphatic heterocycles. The molecule has 2 heterocycles. The normalized spacial score (nSPS) is 13.7. The van der Waals surface area contributed by atoms with Crippen LogP contribution in [0, 0.1) is 17.1 Å². The van der Waals surface area contributed by atoms with E-state index in [4.69, 9.17) is 19.2 Å². The van der Waals surface area contributed by atoms with E-state index in [2.05, 4.69) is 5.32 Å². The van der Waals surface area contributed by atoms with Crippen molar-refractivity contribution >= 4 is 18.0 Å². The zero-order chi connectivity index (χ0) is 31.3. The number of aromatic nitrogens is 2. The molecule has 0 bridgehead atoms. The van der Waals surface area contributed by atoms with Crippen molar-refractivity contribution in [2.75, 3.05) is 25.1 Å². The molecule has 1 amide bonds. The second kappa shape index (κ2) is 12.9. The molecule has 0 aliphatic carbocycles. The average molecular weight is 592 g/mol. The van der Waals surface area contributed by atoms with Gasteiger partial charge in [-0.2, -0.15) is 5.26 Å². The summed E-state index contributed by atoms with van der Waals surface area (Å²) in [5.74, 6) is -0.536. The topological polar surface area (TPSA) is 136 Å². The number of ether oxygens (including phenoxy) is 3. The summed E-state index contributed by atoms with van der Waals surface area (Å²) in [6.07, 6.45) is 0.554. The summed E-state index contributed by atoms with van der Waals surface area (Å²) in [6.45, 7) is 7.04. The second-order valence-electron chi connectivity index (χ2n) is 11.1. The Balaban J connectivity index is 1.80. The van der Waals surface area contributed by atoms with Crippen LogP contribution in [-0.4, -0.2) is 53.5 Å². The van der Waals surface area contributed by atoms with Gasteiger partial charge in [0.15, 0.2) is 6.73 Å². The number of carbonyl (C=O) groups is 2. The fourth-order valence-corrected chi connectivity index (χ4v) is 4.73. The first-order chi connectivity index (χ1) is 20.4. The minimum absolute atomic E-state index is 0.141. The highest BCUT2D eigenvalue weighted by molar-refractivity contribution is 5.81. The van der Waals surface area contributed by atoms with Gasteiger partial charge in [-0.25, -0.2) is 18.7 Å². The first kappa shape index (κ1) is 31.0. The van der Waals surface area contributed by atoms with Crippen molar-refractivity contribution < 1.29 is 28.2 Å². The Bertz CT molecular complexity index is 1600. The predicted molar refractivity (Wildman–Crippen MR) is 157 cm³/mol. The number of halogens is 1. The lowest BCUT2D eigenvalue weighted by atomic mass is 9.99. The third-order valence-corrected chi connectivity index (χ3v) is 6.79. The lowest BCUT2D eigenvalue weighted by Crippen LogP contribution is -2.47. The number of nitrogens with one attached hydrogen (secondary N) is 1. The summed E-state index contributed by atoms with van der Waals surface area (Å²) >= 11 is 0. The molecule has 1 fully saturated rings. The SMILES string of the molecule is COc1ccc(-c2c(-c3ccc(C#N)c(F)c3)nc(N3CCC(NC(=O)OC(C)(C)C)CC3)n(COC(C)=O)c2=O)cc1. The smallest absolute Gasteiger partial charge is 0.407 e. The highest BCUT2D eigenvalue weighted by atomic mass is 19.1. The molecule has 1 aromatic heterocycles. The van der Waals surface area contributed by atoms with Crippen molar-refractivity contribution in [3.63, 3.8) is 0 Å². The highest BCUT2D eigenvalue weighted by Gasteiger charge is 2.28. The molecule has 3 aromatic rings. The summed E-state index contributed by atoms with van der Waals surface area (Å²) in [4.78, 5) is 45.0. The van der Waals surface area contributed by atoms with Gasteiger partial charge < -0.3 is 24.4 Å². The molecule has 0 spiro atoms. The summed E-state index contributed by atoms with van der Waals surface area (Å²) in [6, 6.07) is 12.4. The molecule has 11 nitrogen and oxygen atoms in total. The van der Waals surface area contributed by atoms with Gasteiger partial charge in [0, 0.05) is 31.6 Å². The lowest BCUT2D eigenvalue weighted by Gasteiger charge is -2.34. The van der Waals surface area contributed by atoms with Crippen LogP contribution >= 0.6 is 0 Å². The molecule has 0 unspecified atom stereocenters. The molecule has 2 aromatic carbocycles. The van der Waals surface area contributed by atoms with Crippen molar-refractivity contribution in [2.24, 2.45) is 0 Å². The molecule has 226 valence electrons. The van der Waals surface area contributed by atoms with Crippen LogP contribution in [0.5, 0.6) is 5.75 Å². The third kappa shape index (κ3) is 7.48. The number of alkyl carbamates (subject to hydrolysis) is 1. The van der Waals surface area contributed by atoms with Gasteiger partial charge in [0.2, 0.25) is 5.95 Å². The van der Waals surface area contributed by atoms with Crippen LogP contribution < -0.4 is 20.5 Å². The van der Waals surface area contributed by atoms with E-state index in [0.717, 1.165) is 0 Å². The van der Waals surface area contributed by atoms with Gasteiger partial charge in [-0.15, -0.1) is 0 Å². The number of nitriles is 1. The van der Waals surface area contributed by atoms with Crippen molar-refractivity contribution in [1.82, 2.24) is 14.9 Å². The lowest BCUT2D eigenvalue weighted by molar-refractivity contribution is -0.144. The molecule has 12 heteroatoms. The van der Waals surface area contributed by atoms with Gasteiger partial charge >= 0.3 is 12.1 Å². The van der Waals surface area contributed by atoms with Crippen molar-refractivity contribution in [1.29, 1.82) is 5.26 Å². The minimum atomic E-state index is -0.748. The second-order valence-corrected chi connectivity index (χ2v) is 11.1. The zero-order valence-electron chi connectivity index (χ0n) is 24.8. The Morgan fingerprint density at radius 3 is 2.33 bits per heavy atom. The van der Waals surface area contributed by atoms with Gasteiger partial charge in [0.25, 0.3) is 5.56 Å². The molecule has 1 aliphatic rings. The number of carbonyl (C=O) groups excluding carboxylic acids is 2. The molecule has 1 N–H and O–H groups in total. The molecule has 43 heavy (non-hydrogen) atoms. The maximum atomic E-state index is 14.8. The van der Waals surface area contributed by atoms with Gasteiger partial charge in [-0.1, -0.05) is 18.2 Å². The van der Waals surface area contributed by atoms with E-state index in [1.807, 2.05) is 4.90 Å². The molecule has 4 rings (SSSR count). The average Bonchev–Trinajstić information content (AvgIpc) is 2.95. The van der Waals surface area contributed by atoms with Gasteiger partial charge in [0.05, 0.1) is 23.9 Å². The highest BCUT2D eigenvalue weighted by Crippen LogP contribution is 2.32. The fourth-order valence-electron chi connectivity index (χ4n) is 4.73. The van der Waals surface area contributed by atoms with Crippen LogP contribution in [0.15, 0.2) is 47.3 Å². The van der Waals surface area contributed by atoms with E-state index in [1.165, 1.54) is 36.8 Å². The fraction of sp³-hybridized carbons (Fsp3) is 0.387. The Labute approximate surface area is 248 Å². The van der Waals surface area contributed by atoms with Crippen LogP contribution in [-0.2, 0) is 21.0 Å². The van der Waals surface area contributed by atoms with Gasteiger partial charge in [-0.3, -0.25) is 9.59 Å². The molecule has 0 atom stereocenters. The maximum absolute atomic E-state index is 14.8. The first-order valence-corrected chi connectivity index (χ1v) is 13.8. The predicted octanol–water partition coefficient (Wildman–Crippen LogP) is 4.61. The van der Waals surface area contributed by atoms with E-state index < -0.39 is 35.8 Å². The van der Waals surface area contributed by atoms with Crippen LogP contribution in [0.4, 0.5) is 15.1 Å². The summed E-state index contributed by atoms with van der Waals surface area (Å²) in [7, 11) is 1.52. The van der Waals surface area contributed by atoms with Crippen molar-refractivity contribution in [3.05, 3.63) is 64.2 Å². The monoisotopic (exact) mass is 591 g/mol. The minimum Gasteiger partial charge on any atom is -0.497 e. The Hall–Kier alpha value is -4.92. The van der Waals surface area contributed by atoms with Crippen molar-refractivity contribution in [3.8, 4) is 34.2 Å². The van der Waals surface area contributed by atoms with Crippen LogP contribution in [0.2, 0.25) is 0 Å². The van der Waals surface area contributed by atoms with Crippen molar-refractivity contribution in [2.45, 2.75) is 58.9 Å². The third-order valence-electron chi connectivity index (χ3n) is 6.79. The quantitative estimate of drug-likeness (QED) is 0.391. The largest absolute Gasteiger partial charge is 0.497 e. The van der Waals surface area contributed by atoms with E-state index in [1.54, 1.807) is 51.1 Å².